The van der Waals surface area contributed by atoms with Crippen molar-refractivity contribution in [2.75, 3.05) is 32.4 Å². The van der Waals surface area contributed by atoms with Crippen LogP contribution in [0.1, 0.15) is 39.0 Å². The SMILES string of the molecule is CN=C(NCCN1CCCS1(=O)=O)NC1CCC(C)CC1. The largest absolute Gasteiger partial charge is 0.355 e. The molecule has 0 aromatic carbocycles. The van der Waals surface area contributed by atoms with Gasteiger partial charge < -0.3 is 10.6 Å². The summed E-state index contributed by atoms with van der Waals surface area (Å²) in [4.78, 5) is 4.23. The maximum Gasteiger partial charge on any atom is 0.214 e. The third-order valence-corrected chi connectivity index (χ3v) is 6.39. The second-order valence-corrected chi connectivity index (χ2v) is 8.26. The summed E-state index contributed by atoms with van der Waals surface area (Å²) >= 11 is 0. The molecule has 2 fully saturated rings. The van der Waals surface area contributed by atoms with Gasteiger partial charge >= 0.3 is 0 Å². The fraction of sp³-hybridized carbons (Fsp3) is 0.929. The molecule has 0 radical (unpaired) electrons. The van der Waals surface area contributed by atoms with Crippen LogP contribution in [0.4, 0.5) is 0 Å². The Morgan fingerprint density at radius 3 is 2.57 bits per heavy atom. The highest BCUT2D eigenvalue weighted by Crippen LogP contribution is 2.23. The molecule has 1 aliphatic heterocycles. The average molecular weight is 316 g/mol. The second kappa shape index (κ2) is 7.45. The number of rotatable bonds is 4. The van der Waals surface area contributed by atoms with Gasteiger partial charge in [0, 0.05) is 32.7 Å². The third kappa shape index (κ3) is 4.85. The predicted octanol–water partition coefficient (Wildman–Crippen LogP) is 0.766. The zero-order valence-electron chi connectivity index (χ0n) is 13.1. The minimum Gasteiger partial charge on any atom is -0.355 e. The van der Waals surface area contributed by atoms with Crippen molar-refractivity contribution in [3.8, 4) is 0 Å². The molecule has 1 saturated heterocycles. The molecule has 0 atom stereocenters. The Hall–Kier alpha value is -0.820. The van der Waals surface area contributed by atoms with Crippen LogP contribution in [-0.4, -0.2) is 57.2 Å². The summed E-state index contributed by atoms with van der Waals surface area (Å²) in [6.07, 6.45) is 5.64. The minimum atomic E-state index is -2.99. The molecule has 7 heteroatoms. The van der Waals surface area contributed by atoms with Crippen molar-refractivity contribution in [3.63, 3.8) is 0 Å². The molecule has 122 valence electrons. The summed E-state index contributed by atoms with van der Waals surface area (Å²) in [6.45, 7) is 4.07. The first kappa shape index (κ1) is 16.5. The molecular formula is C14H28N4O2S. The van der Waals surface area contributed by atoms with Crippen molar-refractivity contribution < 1.29 is 8.42 Å². The minimum absolute atomic E-state index is 0.292. The summed E-state index contributed by atoms with van der Waals surface area (Å²) in [7, 11) is -1.23. The van der Waals surface area contributed by atoms with E-state index >= 15 is 0 Å². The van der Waals surface area contributed by atoms with Crippen molar-refractivity contribution in [1.29, 1.82) is 0 Å². The van der Waals surface area contributed by atoms with E-state index in [2.05, 4.69) is 22.5 Å². The average Bonchev–Trinajstić information content (AvgIpc) is 2.79. The van der Waals surface area contributed by atoms with E-state index in [1.807, 2.05) is 0 Å². The molecule has 0 amide bonds. The number of guanidine groups is 1. The molecule has 1 aliphatic carbocycles. The number of aliphatic imine (C=N–C) groups is 1. The molecule has 1 saturated carbocycles. The van der Waals surface area contributed by atoms with Gasteiger partial charge in [-0.3, -0.25) is 4.99 Å². The van der Waals surface area contributed by atoms with Gasteiger partial charge in [0.15, 0.2) is 5.96 Å². The number of hydrogen-bond acceptors (Lipinski definition) is 3. The van der Waals surface area contributed by atoms with Crippen LogP contribution in [0.15, 0.2) is 4.99 Å². The fourth-order valence-electron chi connectivity index (χ4n) is 3.03. The van der Waals surface area contributed by atoms with Crippen LogP contribution in [0.2, 0.25) is 0 Å². The Morgan fingerprint density at radius 1 is 1.29 bits per heavy atom. The number of hydrogen-bond donors (Lipinski definition) is 2. The van der Waals surface area contributed by atoms with Gasteiger partial charge in [-0.05, 0) is 38.0 Å². The van der Waals surface area contributed by atoms with E-state index in [9.17, 15) is 8.42 Å². The van der Waals surface area contributed by atoms with Gasteiger partial charge in [0.2, 0.25) is 10.0 Å². The topological polar surface area (TPSA) is 73.8 Å². The first-order valence-electron chi connectivity index (χ1n) is 7.96. The van der Waals surface area contributed by atoms with Gasteiger partial charge in [-0.2, -0.15) is 0 Å². The fourth-order valence-corrected chi connectivity index (χ4v) is 4.56. The molecule has 1 heterocycles. The summed E-state index contributed by atoms with van der Waals surface area (Å²) in [5.41, 5.74) is 0. The van der Waals surface area contributed by atoms with Crippen molar-refractivity contribution in [1.82, 2.24) is 14.9 Å². The molecule has 2 aliphatic rings. The lowest BCUT2D eigenvalue weighted by Crippen LogP contribution is -2.46. The first-order chi connectivity index (χ1) is 10.0. The van der Waals surface area contributed by atoms with Crippen molar-refractivity contribution >= 4 is 16.0 Å². The number of nitrogens with zero attached hydrogens (tertiary/aromatic N) is 2. The quantitative estimate of drug-likeness (QED) is 0.593. The first-order valence-corrected chi connectivity index (χ1v) is 9.57. The molecule has 2 N–H and O–H groups in total. The Kier molecular flexibility index (Phi) is 5.87. The summed E-state index contributed by atoms with van der Waals surface area (Å²) in [6, 6.07) is 0.489. The van der Waals surface area contributed by atoms with Crippen LogP contribution in [0.25, 0.3) is 0 Å². The van der Waals surface area contributed by atoms with Gasteiger partial charge in [-0.1, -0.05) is 6.92 Å². The van der Waals surface area contributed by atoms with E-state index < -0.39 is 10.0 Å². The van der Waals surface area contributed by atoms with Gasteiger partial charge in [-0.25, -0.2) is 12.7 Å². The van der Waals surface area contributed by atoms with E-state index in [4.69, 9.17) is 0 Å². The normalized spacial score (nSPS) is 30.3. The standard InChI is InChI=1S/C14H28N4O2S/c1-12-4-6-13(7-5-12)17-14(15-2)16-8-10-18-9-3-11-21(18,19)20/h12-13H,3-11H2,1-2H3,(H2,15,16,17). The molecule has 0 aromatic rings. The van der Waals surface area contributed by atoms with Gasteiger partial charge in [-0.15, -0.1) is 0 Å². The molecule has 0 bridgehead atoms. The van der Waals surface area contributed by atoms with E-state index in [1.165, 1.54) is 25.7 Å². The van der Waals surface area contributed by atoms with Gasteiger partial charge in [0.05, 0.1) is 5.75 Å². The molecule has 0 spiro atoms. The Balaban J connectivity index is 1.71. The Bertz CT molecular complexity index is 456. The van der Waals surface area contributed by atoms with Crippen LogP contribution in [0.3, 0.4) is 0 Å². The summed E-state index contributed by atoms with van der Waals surface area (Å²) < 4.78 is 25.0. The highest BCUT2D eigenvalue weighted by molar-refractivity contribution is 7.89. The summed E-state index contributed by atoms with van der Waals surface area (Å²) in [5, 5.41) is 6.67. The van der Waals surface area contributed by atoms with Crippen LogP contribution < -0.4 is 10.6 Å². The Morgan fingerprint density at radius 2 is 2.00 bits per heavy atom. The molecule has 2 rings (SSSR count). The smallest absolute Gasteiger partial charge is 0.214 e. The number of nitrogens with one attached hydrogen (secondary N) is 2. The second-order valence-electron chi connectivity index (χ2n) is 6.17. The van der Waals surface area contributed by atoms with E-state index in [0.29, 0.717) is 31.4 Å². The van der Waals surface area contributed by atoms with Crippen LogP contribution in [0, 0.1) is 5.92 Å². The molecule has 6 nitrogen and oxygen atoms in total. The zero-order chi connectivity index (χ0) is 15.3. The van der Waals surface area contributed by atoms with Crippen molar-refractivity contribution in [2.45, 2.75) is 45.1 Å². The van der Waals surface area contributed by atoms with Crippen molar-refractivity contribution in [2.24, 2.45) is 10.9 Å². The lowest BCUT2D eigenvalue weighted by molar-refractivity contribution is 0.329. The lowest BCUT2D eigenvalue weighted by Gasteiger charge is -2.28. The predicted molar refractivity (Wildman–Crippen MR) is 85.9 cm³/mol. The van der Waals surface area contributed by atoms with Gasteiger partial charge in [0.1, 0.15) is 0 Å². The molecular weight excluding hydrogens is 288 g/mol. The molecule has 21 heavy (non-hydrogen) atoms. The van der Waals surface area contributed by atoms with Crippen LogP contribution >= 0.6 is 0 Å². The van der Waals surface area contributed by atoms with E-state index in [0.717, 1.165) is 18.3 Å². The van der Waals surface area contributed by atoms with Crippen molar-refractivity contribution in [3.05, 3.63) is 0 Å². The maximum atomic E-state index is 11.7. The van der Waals surface area contributed by atoms with Gasteiger partial charge in [0.25, 0.3) is 0 Å². The maximum absolute atomic E-state index is 11.7. The van der Waals surface area contributed by atoms with Crippen LogP contribution in [-0.2, 0) is 10.0 Å². The number of sulfonamides is 1. The zero-order valence-corrected chi connectivity index (χ0v) is 14.0. The summed E-state index contributed by atoms with van der Waals surface area (Å²) in [5.74, 6) is 1.91. The monoisotopic (exact) mass is 316 g/mol. The van der Waals surface area contributed by atoms with E-state index in [1.54, 1.807) is 11.4 Å². The highest BCUT2D eigenvalue weighted by atomic mass is 32.2. The molecule has 0 unspecified atom stereocenters. The lowest BCUT2D eigenvalue weighted by atomic mass is 9.87. The van der Waals surface area contributed by atoms with E-state index in [-0.39, 0.29) is 0 Å². The van der Waals surface area contributed by atoms with Crippen LogP contribution in [0.5, 0.6) is 0 Å². The molecule has 0 aromatic heterocycles. The highest BCUT2D eigenvalue weighted by Gasteiger charge is 2.27. The Labute approximate surface area is 128 Å². The third-order valence-electron chi connectivity index (χ3n) is 4.44.